The molecule has 0 fully saturated rings. The average Bonchev–Trinajstić information content (AvgIpc) is 2.86. The number of aromatic nitrogens is 2. The van der Waals surface area contributed by atoms with Gasteiger partial charge in [0.25, 0.3) is 5.82 Å². The Morgan fingerprint density at radius 1 is 1.05 bits per heavy atom. The highest BCUT2D eigenvalue weighted by molar-refractivity contribution is 5.71. The molecule has 0 bridgehead atoms. The van der Waals surface area contributed by atoms with E-state index >= 15 is 0 Å². The maximum absolute atomic E-state index is 9.56. The maximum Gasteiger partial charge on any atom is 0.281 e. The molecule has 2 N–H and O–H groups in total. The quantitative estimate of drug-likeness (QED) is 0.709. The fourth-order valence-electron chi connectivity index (χ4n) is 2.68. The Morgan fingerprint density at radius 2 is 1.76 bits per heavy atom. The smallest absolute Gasteiger partial charge is 0.281 e. The molecule has 0 saturated heterocycles. The summed E-state index contributed by atoms with van der Waals surface area (Å²) in [6.07, 6.45) is 0. The zero-order valence-electron chi connectivity index (χ0n) is 12.5. The molecule has 3 rings (SSSR count). The van der Waals surface area contributed by atoms with Crippen molar-refractivity contribution in [2.24, 2.45) is 0 Å². The third kappa shape index (κ3) is 2.69. The Kier molecular flexibility index (Phi) is 3.76. The lowest BCUT2D eigenvalue weighted by atomic mass is 10.0. The highest BCUT2D eigenvalue weighted by Crippen LogP contribution is 2.15. The largest absolute Gasteiger partial charge is 0.384 e. The van der Waals surface area contributed by atoms with E-state index in [2.05, 4.69) is 53.7 Å². The van der Waals surface area contributed by atoms with Crippen LogP contribution in [0.2, 0.25) is 0 Å². The molecule has 0 amide bonds. The predicted molar refractivity (Wildman–Crippen MR) is 84.0 cm³/mol. The first-order valence-electron chi connectivity index (χ1n) is 7.38. The monoisotopic (exact) mass is 281 g/mol. The van der Waals surface area contributed by atoms with Crippen molar-refractivity contribution in [2.45, 2.75) is 32.9 Å². The number of nitrogens with zero attached hydrogens (tertiary/aromatic N) is 1. The van der Waals surface area contributed by atoms with Gasteiger partial charge in [-0.2, -0.15) is 0 Å². The number of para-hydroxylation sites is 2. The lowest BCUT2D eigenvalue weighted by Crippen LogP contribution is -2.37. The van der Waals surface area contributed by atoms with Crippen molar-refractivity contribution < 1.29 is 9.67 Å². The second-order valence-corrected chi connectivity index (χ2v) is 5.73. The summed E-state index contributed by atoms with van der Waals surface area (Å²) in [6.45, 7) is 5.18. The molecule has 0 aliphatic rings. The zero-order chi connectivity index (χ0) is 14.8. The molecule has 1 aromatic heterocycles. The molecule has 21 heavy (non-hydrogen) atoms. The molecule has 0 unspecified atom stereocenters. The van der Waals surface area contributed by atoms with Crippen molar-refractivity contribution in [3.63, 3.8) is 0 Å². The number of benzene rings is 2. The molecule has 3 nitrogen and oxygen atoms in total. The van der Waals surface area contributed by atoms with Crippen molar-refractivity contribution in [3.05, 3.63) is 65.5 Å². The van der Waals surface area contributed by atoms with E-state index < -0.39 is 0 Å². The molecule has 0 aliphatic heterocycles. The van der Waals surface area contributed by atoms with Gasteiger partial charge in [-0.05, 0) is 29.2 Å². The number of nitrogens with one attached hydrogen (secondary N) is 1. The standard InChI is InChI=1S/C18H20N2O/c1-13(2)15-9-7-14(8-10-15)11-20-17-6-4-3-5-16(17)19-18(20)12-21/h3-10,13,21H,11-12H2,1-2H3/p+1. The molecule has 3 aromatic rings. The predicted octanol–water partition coefficient (Wildman–Crippen LogP) is 3.12. The van der Waals surface area contributed by atoms with Crippen molar-refractivity contribution in [3.8, 4) is 0 Å². The van der Waals surface area contributed by atoms with Crippen molar-refractivity contribution >= 4 is 11.0 Å². The molecule has 0 aliphatic carbocycles. The van der Waals surface area contributed by atoms with Crippen LogP contribution >= 0.6 is 0 Å². The molecule has 2 aromatic carbocycles. The number of rotatable bonds is 4. The van der Waals surface area contributed by atoms with Crippen molar-refractivity contribution in [1.29, 1.82) is 0 Å². The summed E-state index contributed by atoms with van der Waals surface area (Å²) in [5.74, 6) is 1.39. The van der Waals surface area contributed by atoms with Crippen LogP contribution in [0.1, 0.15) is 36.7 Å². The zero-order valence-corrected chi connectivity index (χ0v) is 12.5. The Bertz CT molecular complexity index is 742. The van der Waals surface area contributed by atoms with Crippen LogP contribution < -0.4 is 4.57 Å². The average molecular weight is 281 g/mol. The lowest BCUT2D eigenvalue weighted by molar-refractivity contribution is -0.672. The summed E-state index contributed by atoms with van der Waals surface area (Å²) >= 11 is 0. The molecule has 3 heteroatoms. The van der Waals surface area contributed by atoms with Crippen molar-refractivity contribution in [2.75, 3.05) is 0 Å². The van der Waals surface area contributed by atoms with E-state index in [1.54, 1.807) is 0 Å². The number of aliphatic hydroxyl groups excluding tert-OH is 1. The van der Waals surface area contributed by atoms with Crippen LogP contribution in [-0.4, -0.2) is 10.1 Å². The van der Waals surface area contributed by atoms with Gasteiger partial charge < -0.3 is 5.11 Å². The van der Waals surface area contributed by atoms with Crippen LogP contribution in [0.25, 0.3) is 11.0 Å². The number of fused-ring (bicyclic) bond motifs is 1. The van der Waals surface area contributed by atoms with Crippen molar-refractivity contribution in [1.82, 2.24) is 4.98 Å². The fraction of sp³-hybridized carbons (Fsp3) is 0.278. The second-order valence-electron chi connectivity index (χ2n) is 5.73. The minimum absolute atomic E-state index is 0.0127. The number of aromatic amines is 1. The Hall–Kier alpha value is -2.13. The molecule has 108 valence electrons. The van der Waals surface area contributed by atoms with Crippen LogP contribution in [0.4, 0.5) is 0 Å². The minimum Gasteiger partial charge on any atom is -0.384 e. The van der Waals surface area contributed by atoms with Crippen LogP contribution in [0, 0.1) is 0 Å². The number of H-pyrrole nitrogens is 1. The van der Waals surface area contributed by atoms with E-state index in [1.807, 2.05) is 18.2 Å². The van der Waals surface area contributed by atoms with E-state index in [1.165, 1.54) is 11.1 Å². The van der Waals surface area contributed by atoms with E-state index in [9.17, 15) is 5.11 Å². The maximum atomic E-state index is 9.56. The summed E-state index contributed by atoms with van der Waals surface area (Å²) in [7, 11) is 0. The van der Waals surface area contributed by atoms with E-state index in [0.29, 0.717) is 5.92 Å². The van der Waals surface area contributed by atoms with E-state index in [-0.39, 0.29) is 6.61 Å². The summed E-state index contributed by atoms with van der Waals surface area (Å²) in [5.41, 5.74) is 4.77. The first kappa shape index (κ1) is 13.8. The van der Waals surface area contributed by atoms with Gasteiger partial charge in [-0.1, -0.05) is 50.2 Å². The van der Waals surface area contributed by atoms with Gasteiger partial charge in [0.2, 0.25) is 0 Å². The molecular weight excluding hydrogens is 260 g/mol. The SMILES string of the molecule is CC(C)c1ccc(C[n+]2c(CO)[nH]c3ccccc32)cc1. The molecule has 0 radical (unpaired) electrons. The Labute approximate surface area is 124 Å². The third-order valence-electron chi connectivity index (χ3n) is 3.94. The van der Waals surface area contributed by atoms with Gasteiger partial charge in [0.05, 0.1) is 0 Å². The normalized spacial score (nSPS) is 11.4. The van der Waals surface area contributed by atoms with Gasteiger partial charge in [-0.15, -0.1) is 0 Å². The lowest BCUT2D eigenvalue weighted by Gasteiger charge is -2.06. The molecular formula is C18H21N2O+. The van der Waals surface area contributed by atoms with Crippen LogP contribution in [0.15, 0.2) is 48.5 Å². The number of hydrogen-bond donors (Lipinski definition) is 2. The summed E-state index contributed by atoms with van der Waals surface area (Å²) in [4.78, 5) is 3.28. The fourth-order valence-corrected chi connectivity index (χ4v) is 2.68. The van der Waals surface area contributed by atoms with E-state index in [4.69, 9.17) is 0 Å². The van der Waals surface area contributed by atoms with Gasteiger partial charge in [0.15, 0.2) is 11.0 Å². The third-order valence-corrected chi connectivity index (χ3v) is 3.94. The Balaban J connectivity index is 1.97. The number of aliphatic hydroxyl groups is 1. The minimum atomic E-state index is 0.0127. The summed E-state index contributed by atoms with van der Waals surface area (Å²) in [6, 6.07) is 16.9. The number of hydrogen-bond acceptors (Lipinski definition) is 1. The molecule has 0 spiro atoms. The van der Waals surface area contributed by atoms with Crippen LogP contribution in [0.3, 0.4) is 0 Å². The van der Waals surface area contributed by atoms with Gasteiger partial charge in [0.1, 0.15) is 13.2 Å². The highest BCUT2D eigenvalue weighted by Gasteiger charge is 2.17. The van der Waals surface area contributed by atoms with Crippen LogP contribution in [-0.2, 0) is 13.2 Å². The molecule has 1 heterocycles. The van der Waals surface area contributed by atoms with Gasteiger partial charge in [0, 0.05) is 0 Å². The Morgan fingerprint density at radius 3 is 2.43 bits per heavy atom. The van der Waals surface area contributed by atoms with Crippen LogP contribution in [0.5, 0.6) is 0 Å². The summed E-state index contributed by atoms with van der Waals surface area (Å²) in [5, 5.41) is 9.56. The number of imidazole rings is 1. The van der Waals surface area contributed by atoms with Gasteiger partial charge in [-0.3, -0.25) is 0 Å². The molecule has 0 saturated carbocycles. The topological polar surface area (TPSA) is 39.9 Å². The first-order chi connectivity index (χ1) is 10.2. The van der Waals surface area contributed by atoms with E-state index in [0.717, 1.165) is 23.4 Å². The second kappa shape index (κ2) is 5.70. The van der Waals surface area contributed by atoms with Gasteiger partial charge >= 0.3 is 0 Å². The first-order valence-corrected chi connectivity index (χ1v) is 7.38. The summed E-state index contributed by atoms with van der Waals surface area (Å²) < 4.78 is 2.14. The van der Waals surface area contributed by atoms with Gasteiger partial charge in [-0.25, -0.2) is 9.55 Å². The highest BCUT2D eigenvalue weighted by atomic mass is 16.3. The molecule has 0 atom stereocenters.